The molecule has 0 spiro atoms. The van der Waals surface area contributed by atoms with Gasteiger partial charge in [0.15, 0.2) is 23.0 Å². The molecule has 0 bridgehead atoms. The summed E-state index contributed by atoms with van der Waals surface area (Å²) in [6.45, 7) is 2.72. The Morgan fingerprint density at radius 2 is 1.89 bits per heavy atom. The lowest BCUT2D eigenvalue weighted by Gasteiger charge is -2.13. The van der Waals surface area contributed by atoms with Gasteiger partial charge < -0.3 is 35.8 Å². The number of amides is 2. The lowest BCUT2D eigenvalue weighted by molar-refractivity contribution is -0.123. The number of rotatable bonds is 12. The van der Waals surface area contributed by atoms with Crippen LogP contribution in [0.4, 0.5) is 24.7 Å². The molecule has 1 aliphatic rings. The van der Waals surface area contributed by atoms with Crippen LogP contribution in [-0.4, -0.2) is 83.4 Å². The van der Waals surface area contributed by atoms with Crippen LogP contribution in [0, 0.1) is 24.4 Å². The van der Waals surface area contributed by atoms with Crippen LogP contribution < -0.4 is 26.0 Å². The molecule has 2 aromatic heterocycles. The summed E-state index contributed by atoms with van der Waals surface area (Å²) in [5.74, 6) is -3.82. The van der Waals surface area contributed by atoms with E-state index in [1.807, 2.05) is 0 Å². The molecule has 0 saturated carbocycles. The third-order valence-corrected chi connectivity index (χ3v) is 7.25. The molecule has 2 amide bonds. The van der Waals surface area contributed by atoms with E-state index in [1.165, 1.54) is 42.2 Å². The molecule has 2 atom stereocenters. The fourth-order valence-corrected chi connectivity index (χ4v) is 5.05. The number of nitrogens with one attached hydrogen (secondary N) is 4. The van der Waals surface area contributed by atoms with E-state index in [2.05, 4.69) is 31.2 Å². The van der Waals surface area contributed by atoms with Gasteiger partial charge in [-0.1, -0.05) is 0 Å². The number of aromatic nitrogens is 3. The van der Waals surface area contributed by atoms with Crippen molar-refractivity contribution in [2.24, 2.45) is 0 Å². The molecule has 12 nitrogen and oxygen atoms in total. The number of ether oxygens (including phenoxy) is 2. The van der Waals surface area contributed by atoms with Gasteiger partial charge in [-0.2, -0.15) is 4.39 Å². The maximum absolute atomic E-state index is 15.1. The molecule has 5 rings (SSSR count). The molecule has 2 aromatic carbocycles. The van der Waals surface area contributed by atoms with Gasteiger partial charge in [-0.05, 0) is 43.2 Å². The van der Waals surface area contributed by atoms with Crippen molar-refractivity contribution in [3.63, 3.8) is 0 Å². The van der Waals surface area contributed by atoms with E-state index in [0.717, 1.165) is 6.07 Å². The quantitative estimate of drug-likeness (QED) is 0.149. The first-order chi connectivity index (χ1) is 21.7. The monoisotopic (exact) mass is 627 g/mol. The highest BCUT2D eigenvalue weighted by molar-refractivity contribution is 5.96. The minimum absolute atomic E-state index is 0.0363. The largest absolute Gasteiger partial charge is 0.494 e. The van der Waals surface area contributed by atoms with Crippen molar-refractivity contribution < 1.29 is 37.3 Å². The van der Waals surface area contributed by atoms with Crippen LogP contribution in [0.15, 0.2) is 42.9 Å². The fraction of sp³-hybridized carbons (Fsp3) is 0.333. The van der Waals surface area contributed by atoms with Crippen molar-refractivity contribution in [3.8, 4) is 17.0 Å². The summed E-state index contributed by atoms with van der Waals surface area (Å²) in [5.41, 5.74) is 1.02. The minimum Gasteiger partial charge on any atom is -0.494 e. The summed E-state index contributed by atoms with van der Waals surface area (Å²) >= 11 is 0. The summed E-state index contributed by atoms with van der Waals surface area (Å²) < 4.78 is 56.0. The lowest BCUT2D eigenvalue weighted by Crippen LogP contribution is -2.41. The Labute approximate surface area is 256 Å². The van der Waals surface area contributed by atoms with Crippen molar-refractivity contribution in [1.82, 2.24) is 30.3 Å². The molecule has 4 aromatic rings. The van der Waals surface area contributed by atoms with Crippen molar-refractivity contribution >= 4 is 29.0 Å². The highest BCUT2D eigenvalue weighted by atomic mass is 19.2. The molecular formula is C30H32F3N7O5. The Morgan fingerprint density at radius 3 is 2.60 bits per heavy atom. The van der Waals surface area contributed by atoms with Crippen molar-refractivity contribution in [2.45, 2.75) is 25.5 Å². The maximum atomic E-state index is 15.1. The van der Waals surface area contributed by atoms with Gasteiger partial charge in [0, 0.05) is 43.3 Å². The van der Waals surface area contributed by atoms with Crippen molar-refractivity contribution in [1.29, 1.82) is 0 Å². The van der Waals surface area contributed by atoms with E-state index in [4.69, 9.17) is 9.47 Å². The van der Waals surface area contributed by atoms with Gasteiger partial charge in [0.25, 0.3) is 5.91 Å². The first kappa shape index (κ1) is 31.7. The second-order valence-electron chi connectivity index (χ2n) is 10.3. The number of nitrogens with zero attached hydrogens (tertiary/aromatic N) is 3. The Hall–Kier alpha value is -4.73. The standard InChI is InChI=1S/C30H32F3N7O5/c1-16-11-17(12-20(31)24(16)30(43)36-7-10-45-9-6-35-29(42)21-13-18(41)14-37-21)39-27-28-38-15-22(40(28)8-5-34-27)19-3-4-23(44-2)26(33)25(19)32/h3-5,8,11-12,15,18,21,37,41H,6-7,9-10,13-14H2,1-2H3,(H,34,39)(H,35,42)(H,36,43). The number of methoxy groups -OCH3 is 1. The summed E-state index contributed by atoms with van der Waals surface area (Å²) in [7, 11) is 1.24. The molecule has 238 valence electrons. The third-order valence-electron chi connectivity index (χ3n) is 7.25. The Kier molecular flexibility index (Phi) is 9.80. The molecule has 45 heavy (non-hydrogen) atoms. The summed E-state index contributed by atoms with van der Waals surface area (Å²) in [6.07, 6.45) is 4.16. The van der Waals surface area contributed by atoms with Gasteiger partial charge in [0.05, 0.1) is 49.9 Å². The summed E-state index contributed by atoms with van der Waals surface area (Å²) in [5, 5.41) is 20.7. The zero-order valence-electron chi connectivity index (χ0n) is 24.5. The highest BCUT2D eigenvalue weighted by Crippen LogP contribution is 2.32. The smallest absolute Gasteiger partial charge is 0.254 e. The maximum Gasteiger partial charge on any atom is 0.254 e. The van der Waals surface area contributed by atoms with Gasteiger partial charge >= 0.3 is 0 Å². The first-order valence-electron chi connectivity index (χ1n) is 14.1. The van der Waals surface area contributed by atoms with Crippen molar-refractivity contribution in [3.05, 3.63) is 71.4 Å². The SMILES string of the molecule is COc1ccc(-c2cnc3c(Nc4cc(C)c(C(=O)NCCOCCNC(=O)C5CC(O)CN5)c(F)c4)nccn23)c(F)c1F. The number of hydrogen-bond acceptors (Lipinski definition) is 9. The number of β-amino-alcohol motifs (C(OH)–C–C–N with tert-alkyl or cyclic N) is 1. The fourth-order valence-electron chi connectivity index (χ4n) is 5.05. The normalized spacial score (nSPS) is 16.1. The van der Waals surface area contributed by atoms with Crippen LogP contribution in [0.5, 0.6) is 5.75 Å². The number of carbonyl (C=O) groups is 2. The zero-order valence-corrected chi connectivity index (χ0v) is 24.5. The van der Waals surface area contributed by atoms with Gasteiger partial charge in [-0.3, -0.25) is 14.0 Å². The van der Waals surface area contributed by atoms with E-state index in [0.29, 0.717) is 24.2 Å². The molecule has 3 heterocycles. The van der Waals surface area contributed by atoms with Crippen LogP contribution in [0.3, 0.4) is 0 Å². The summed E-state index contributed by atoms with van der Waals surface area (Å²) in [6, 6.07) is 4.99. The van der Waals surface area contributed by atoms with E-state index in [-0.39, 0.29) is 66.2 Å². The first-order valence-corrected chi connectivity index (χ1v) is 14.1. The van der Waals surface area contributed by atoms with Crippen LogP contribution >= 0.6 is 0 Å². The Bertz CT molecular complexity index is 1690. The molecule has 15 heteroatoms. The topological polar surface area (TPSA) is 151 Å². The van der Waals surface area contributed by atoms with Crippen LogP contribution in [0.2, 0.25) is 0 Å². The lowest BCUT2D eigenvalue weighted by atomic mass is 10.1. The Balaban J connectivity index is 1.17. The second-order valence-corrected chi connectivity index (χ2v) is 10.3. The third kappa shape index (κ3) is 7.00. The van der Waals surface area contributed by atoms with E-state index in [9.17, 15) is 23.5 Å². The second kappa shape index (κ2) is 13.9. The van der Waals surface area contributed by atoms with Crippen LogP contribution in [0.25, 0.3) is 16.9 Å². The number of aliphatic hydroxyl groups is 1. The minimum atomic E-state index is -1.12. The van der Waals surface area contributed by atoms with E-state index in [1.54, 1.807) is 13.0 Å². The molecule has 2 unspecified atom stereocenters. The Morgan fingerprint density at radius 1 is 1.11 bits per heavy atom. The number of anilines is 2. The number of halogens is 3. The van der Waals surface area contributed by atoms with Crippen LogP contribution in [-0.2, 0) is 9.53 Å². The zero-order chi connectivity index (χ0) is 32.1. The average molecular weight is 628 g/mol. The van der Waals surface area contributed by atoms with E-state index >= 15 is 4.39 Å². The number of aliphatic hydroxyl groups excluding tert-OH is 1. The van der Waals surface area contributed by atoms with Gasteiger partial charge in [0.2, 0.25) is 11.7 Å². The number of imidazole rings is 1. The predicted octanol–water partition coefficient (Wildman–Crippen LogP) is 2.46. The number of aryl methyl sites for hydroxylation is 1. The molecule has 1 saturated heterocycles. The number of hydrogen-bond donors (Lipinski definition) is 5. The van der Waals surface area contributed by atoms with Gasteiger partial charge in [-0.25, -0.2) is 18.7 Å². The molecule has 5 N–H and O–H groups in total. The van der Waals surface area contributed by atoms with Crippen LogP contribution in [0.1, 0.15) is 22.3 Å². The highest BCUT2D eigenvalue weighted by Gasteiger charge is 2.27. The van der Waals surface area contributed by atoms with E-state index < -0.39 is 35.5 Å². The number of fused-ring (bicyclic) bond motifs is 1. The molecule has 0 radical (unpaired) electrons. The van der Waals surface area contributed by atoms with Gasteiger partial charge in [-0.15, -0.1) is 0 Å². The molecule has 1 fully saturated rings. The van der Waals surface area contributed by atoms with Crippen molar-refractivity contribution in [2.75, 3.05) is 45.3 Å². The number of carbonyl (C=O) groups excluding carboxylic acids is 2. The molecular weight excluding hydrogens is 595 g/mol. The molecule has 1 aliphatic heterocycles. The predicted molar refractivity (Wildman–Crippen MR) is 158 cm³/mol. The average Bonchev–Trinajstić information content (AvgIpc) is 3.65. The summed E-state index contributed by atoms with van der Waals surface area (Å²) in [4.78, 5) is 33.3. The molecule has 0 aliphatic carbocycles. The number of benzene rings is 2. The van der Waals surface area contributed by atoms with Gasteiger partial charge in [0.1, 0.15) is 5.82 Å².